The van der Waals surface area contributed by atoms with Gasteiger partial charge in [0.05, 0.1) is 66.2 Å². The summed E-state index contributed by atoms with van der Waals surface area (Å²) >= 11 is 0. The van der Waals surface area contributed by atoms with E-state index < -0.39 is 44.7 Å². The van der Waals surface area contributed by atoms with Crippen molar-refractivity contribution in [1.29, 1.82) is 0 Å². The first kappa shape index (κ1) is 65.6. The van der Waals surface area contributed by atoms with Crippen LogP contribution in [0.4, 0.5) is 26.3 Å². The SMILES string of the molecule is COCCOCCOC(=O)c1ccccc1S(=O)(=O)NC1C2CCC1CC(OCc1c(-c3ccccc3OC(F)(F)F)noc1C1CC1)C2.O=C(O)c1ccccc1S(=O)(=O)NC1C2CCC1CC(OCc1c(-c3ccccc3OC(F)(F)F)noc1C1CC1)C2. The minimum absolute atomic E-state index is 0.00681. The fourth-order valence-corrected chi connectivity index (χ4v) is 16.3. The molecule has 0 aliphatic heterocycles. The van der Waals surface area contributed by atoms with Gasteiger partial charge in [-0.1, -0.05) is 58.8 Å². The van der Waals surface area contributed by atoms with Gasteiger partial charge in [-0.3, -0.25) is 0 Å². The zero-order chi connectivity index (χ0) is 64.2. The van der Waals surface area contributed by atoms with Gasteiger partial charge in [-0.25, -0.2) is 35.9 Å². The molecule has 6 aliphatic carbocycles. The summed E-state index contributed by atoms with van der Waals surface area (Å²) in [6, 6.07) is 22.3. The number of carbonyl (C=O) groups excluding carboxylic acids is 1. The number of halogens is 6. The summed E-state index contributed by atoms with van der Waals surface area (Å²) in [5.74, 6) is -1.38. The van der Waals surface area contributed by atoms with E-state index in [1.54, 1.807) is 31.4 Å². The molecule has 0 spiro atoms. The lowest BCUT2D eigenvalue weighted by Gasteiger charge is -2.35. The first-order valence-corrected chi connectivity index (χ1v) is 33.1. The predicted molar refractivity (Wildman–Crippen MR) is 310 cm³/mol. The number of hydrogen-bond acceptors (Lipinski definition) is 17. The monoisotopic (exact) mass is 1310 g/mol. The molecule has 6 fully saturated rings. The van der Waals surface area contributed by atoms with E-state index in [-0.39, 0.29) is 141 Å². The summed E-state index contributed by atoms with van der Waals surface area (Å²) in [7, 11) is -6.61. The number of para-hydroxylation sites is 2. The number of esters is 1. The third-order valence-electron chi connectivity index (χ3n) is 17.6. The summed E-state index contributed by atoms with van der Waals surface area (Å²) in [4.78, 5) is 24.0. The second-order valence-corrected chi connectivity index (χ2v) is 27.1. The number of aromatic nitrogens is 2. The van der Waals surface area contributed by atoms with Crippen molar-refractivity contribution in [3.63, 3.8) is 0 Å². The summed E-state index contributed by atoms with van der Waals surface area (Å²) in [6.07, 6.45) is -1.05. The van der Waals surface area contributed by atoms with E-state index >= 15 is 0 Å². The number of benzene rings is 4. The molecule has 2 aromatic heterocycles. The lowest BCUT2D eigenvalue weighted by Crippen LogP contribution is -2.46. The number of hydrogen-bond donors (Lipinski definition) is 3. The van der Waals surface area contributed by atoms with Crippen molar-refractivity contribution in [2.45, 2.75) is 149 Å². The molecule has 28 heteroatoms. The number of nitrogens with zero attached hydrogens (tertiary/aromatic N) is 2. The Morgan fingerprint density at radius 1 is 0.549 bits per heavy atom. The largest absolute Gasteiger partial charge is 0.573 e. The summed E-state index contributed by atoms with van der Waals surface area (Å²) in [5, 5.41) is 17.7. The van der Waals surface area contributed by atoms with Crippen LogP contribution in [0.2, 0.25) is 0 Å². The zero-order valence-corrected chi connectivity index (χ0v) is 50.9. The van der Waals surface area contributed by atoms with Gasteiger partial charge in [-0.05, 0) is 149 Å². The molecule has 0 radical (unpaired) electrons. The number of nitrogens with one attached hydrogen (secondary N) is 2. The van der Waals surface area contributed by atoms with Crippen molar-refractivity contribution >= 4 is 32.0 Å². The van der Waals surface area contributed by atoms with Crippen LogP contribution in [0.3, 0.4) is 0 Å². The zero-order valence-electron chi connectivity index (χ0n) is 49.3. The fraction of sp³-hybridized carbons (Fsp3) is 0.492. The van der Waals surface area contributed by atoms with Crippen LogP contribution in [0, 0.1) is 23.7 Å². The number of rotatable bonds is 26. The molecule has 20 nitrogen and oxygen atoms in total. The van der Waals surface area contributed by atoms with Crippen LogP contribution in [0.25, 0.3) is 22.5 Å². The van der Waals surface area contributed by atoms with E-state index in [0.29, 0.717) is 61.5 Å². The maximum Gasteiger partial charge on any atom is 0.573 e. The van der Waals surface area contributed by atoms with Gasteiger partial charge in [-0.2, -0.15) is 0 Å². The highest BCUT2D eigenvalue weighted by molar-refractivity contribution is 7.90. The maximum atomic E-state index is 13.7. The molecule has 6 aliphatic rings. The van der Waals surface area contributed by atoms with Gasteiger partial charge in [0.1, 0.15) is 41.0 Å². The van der Waals surface area contributed by atoms with Crippen LogP contribution in [0.1, 0.15) is 132 Å². The number of alkyl halides is 6. The van der Waals surface area contributed by atoms with Crippen LogP contribution >= 0.6 is 0 Å². The minimum atomic E-state index is -4.87. The first-order chi connectivity index (χ1) is 43.5. The highest BCUT2D eigenvalue weighted by Crippen LogP contribution is 2.50. The topological polar surface area (TPSA) is 263 Å². The van der Waals surface area contributed by atoms with Gasteiger partial charge in [0.25, 0.3) is 0 Å². The average molecular weight is 1320 g/mol. The molecule has 3 N–H and O–H groups in total. The van der Waals surface area contributed by atoms with E-state index in [2.05, 4.69) is 29.2 Å². The summed E-state index contributed by atoms with van der Waals surface area (Å²) < 4.78 is 186. The quantitative estimate of drug-likeness (QED) is 0.0259. The van der Waals surface area contributed by atoms with E-state index in [9.17, 15) is 57.9 Å². The lowest BCUT2D eigenvalue weighted by atomic mass is 9.83. The van der Waals surface area contributed by atoms with Crippen LogP contribution in [0.5, 0.6) is 11.5 Å². The van der Waals surface area contributed by atoms with Gasteiger partial charge in [0.2, 0.25) is 20.0 Å². The van der Waals surface area contributed by atoms with Gasteiger partial charge >= 0.3 is 24.7 Å². The van der Waals surface area contributed by atoms with Crippen LogP contribution in [-0.2, 0) is 56.9 Å². The van der Waals surface area contributed by atoms with Crippen LogP contribution in [-0.4, -0.2) is 115 Å². The molecular weight excluding hydrogens is 1250 g/mol. The Hall–Kier alpha value is -6.92. The number of carboxylic acid groups (broad SMARTS) is 1. The third-order valence-corrected chi connectivity index (χ3v) is 20.6. The highest BCUT2D eigenvalue weighted by Gasteiger charge is 2.48. The van der Waals surface area contributed by atoms with Crippen molar-refractivity contribution in [2.24, 2.45) is 23.7 Å². The molecule has 4 unspecified atom stereocenters. The third kappa shape index (κ3) is 15.9. The second kappa shape index (κ2) is 27.7. The molecule has 2 heterocycles. The predicted octanol–water partition coefficient (Wildman–Crippen LogP) is 11.9. The molecule has 0 amide bonds. The molecule has 0 saturated heterocycles. The van der Waals surface area contributed by atoms with E-state index in [1.807, 2.05) is 0 Å². The Labute approximate surface area is 520 Å². The summed E-state index contributed by atoms with van der Waals surface area (Å²) in [6.45, 7) is 1.02. The Morgan fingerprint density at radius 2 is 0.945 bits per heavy atom. The van der Waals surface area contributed by atoms with Crippen molar-refractivity contribution < 1.29 is 100 Å². The van der Waals surface area contributed by atoms with Crippen LogP contribution < -0.4 is 18.9 Å². The summed E-state index contributed by atoms with van der Waals surface area (Å²) in [5.41, 5.74) is 1.66. The molecule has 6 saturated carbocycles. The fourth-order valence-electron chi connectivity index (χ4n) is 13.2. The molecule has 4 atom stereocenters. The molecular formula is C63H68F6N4O16S2. The first-order valence-electron chi connectivity index (χ1n) is 30.1. The maximum absolute atomic E-state index is 13.7. The van der Waals surface area contributed by atoms with Gasteiger partial charge in [-0.15, -0.1) is 26.3 Å². The number of carbonyl (C=O) groups is 2. The normalized spacial score (nSPS) is 23.1. The Bertz CT molecular complexity index is 3750. The Morgan fingerprint density at radius 3 is 1.36 bits per heavy atom. The average Bonchev–Trinajstić information content (AvgIpc) is 1.74. The van der Waals surface area contributed by atoms with Crippen LogP contribution in [0.15, 0.2) is 116 Å². The Kier molecular flexibility index (Phi) is 20.0. The van der Waals surface area contributed by atoms with Crippen molar-refractivity contribution in [1.82, 2.24) is 19.8 Å². The van der Waals surface area contributed by atoms with E-state index in [0.717, 1.165) is 51.4 Å². The number of sulfonamides is 2. The van der Waals surface area contributed by atoms with E-state index in [4.69, 9.17) is 32.7 Å². The van der Waals surface area contributed by atoms with Gasteiger partial charge in [0.15, 0.2) is 0 Å². The van der Waals surface area contributed by atoms with E-state index in [1.165, 1.54) is 72.8 Å². The molecule has 6 aromatic rings. The number of methoxy groups -OCH3 is 1. The lowest BCUT2D eigenvalue weighted by molar-refractivity contribution is -0.275. The van der Waals surface area contributed by atoms with Gasteiger partial charge in [0, 0.05) is 53.3 Å². The molecule has 91 heavy (non-hydrogen) atoms. The smallest absolute Gasteiger partial charge is 0.478 e. The number of aromatic carboxylic acids is 1. The standard InChI is InChI=1S/C34H39F3N2O9S.C29H29F3N2O7S/c1-43-14-15-44-16-17-45-33(40)26-7-3-5-9-29(26)49(41,42)39-30-22-12-13-23(30)19-24(18-22)46-20-27-31(38-48-32(27)21-10-11-21)25-6-2-4-8-28(25)47-34(35,36)37;30-29(31,32)40-23-7-3-1-5-20(23)26-22(27(41-33-26)16-9-10-16)15-39-19-13-17-11-12-18(14-19)25(17)34-42(37,38)24-8-4-2-6-21(24)28(35)36/h2-9,21-24,30,39H,10-20H2,1H3;1-8,16-19,25,34H,9-15H2,(H,35,36). The molecule has 490 valence electrons. The molecule has 4 bridgehead atoms. The van der Waals surface area contributed by atoms with Crippen molar-refractivity contribution in [2.75, 3.05) is 33.5 Å². The number of carboxylic acids is 1. The molecule has 4 aromatic carbocycles. The second-order valence-electron chi connectivity index (χ2n) is 23.7. The number of ether oxygens (including phenoxy) is 7. The number of fused-ring (bicyclic) bond motifs is 4. The van der Waals surface area contributed by atoms with Gasteiger partial charge < -0.3 is 47.3 Å². The Balaban J connectivity index is 0.000000189. The van der Waals surface area contributed by atoms with Crippen molar-refractivity contribution in [3.8, 4) is 34.0 Å². The minimum Gasteiger partial charge on any atom is -0.478 e. The molecule has 12 rings (SSSR count). The van der Waals surface area contributed by atoms with Crippen molar-refractivity contribution in [3.05, 3.63) is 131 Å². The highest BCUT2D eigenvalue weighted by atomic mass is 32.2.